The first-order chi connectivity index (χ1) is 10.2. The summed E-state index contributed by atoms with van der Waals surface area (Å²) < 4.78 is 2.68. The Kier molecular flexibility index (Phi) is 3.92. The summed E-state index contributed by atoms with van der Waals surface area (Å²) in [6.07, 6.45) is 3.38. The number of nitrogens with two attached hydrogens (primary N) is 1. The van der Waals surface area contributed by atoms with E-state index in [4.69, 9.17) is 5.84 Å². The fourth-order valence-corrected chi connectivity index (χ4v) is 2.00. The SMILES string of the molecule is NNc1nc(Nc2ccc(I)cc2)nc(-n2cccn2)n1. The van der Waals surface area contributed by atoms with Gasteiger partial charge in [-0.25, -0.2) is 10.5 Å². The largest absolute Gasteiger partial charge is 0.324 e. The molecule has 3 aromatic rings. The van der Waals surface area contributed by atoms with Crippen molar-refractivity contribution in [3.63, 3.8) is 0 Å². The molecule has 0 spiro atoms. The molecule has 0 atom stereocenters. The normalized spacial score (nSPS) is 10.4. The van der Waals surface area contributed by atoms with E-state index < -0.39 is 0 Å². The molecule has 1 aromatic carbocycles. The third-order valence-electron chi connectivity index (χ3n) is 2.56. The number of halogens is 1. The van der Waals surface area contributed by atoms with E-state index in [2.05, 4.69) is 53.4 Å². The van der Waals surface area contributed by atoms with E-state index in [-0.39, 0.29) is 5.95 Å². The first-order valence-corrected chi connectivity index (χ1v) is 7.08. The number of benzene rings is 1. The van der Waals surface area contributed by atoms with E-state index in [0.717, 1.165) is 9.26 Å². The summed E-state index contributed by atoms with van der Waals surface area (Å²) >= 11 is 2.24. The molecule has 0 saturated carbocycles. The second-order valence-corrected chi connectivity index (χ2v) is 5.26. The number of rotatable bonds is 4. The predicted molar refractivity (Wildman–Crippen MR) is 87.2 cm³/mol. The molecule has 3 rings (SSSR count). The zero-order valence-corrected chi connectivity index (χ0v) is 12.9. The van der Waals surface area contributed by atoms with Gasteiger partial charge in [-0.15, -0.1) is 0 Å². The molecule has 21 heavy (non-hydrogen) atoms. The van der Waals surface area contributed by atoms with Gasteiger partial charge in [-0.3, -0.25) is 5.43 Å². The molecule has 0 unspecified atom stereocenters. The first-order valence-electron chi connectivity index (χ1n) is 6.00. The molecule has 2 heterocycles. The van der Waals surface area contributed by atoms with Crippen LogP contribution < -0.4 is 16.6 Å². The second-order valence-electron chi connectivity index (χ2n) is 4.01. The van der Waals surface area contributed by atoms with E-state index in [9.17, 15) is 0 Å². The van der Waals surface area contributed by atoms with Crippen molar-refractivity contribution >= 4 is 40.2 Å². The van der Waals surface area contributed by atoms with Crippen LogP contribution >= 0.6 is 22.6 Å². The van der Waals surface area contributed by atoms with Crippen LogP contribution in [0.2, 0.25) is 0 Å². The maximum atomic E-state index is 5.39. The Labute approximate surface area is 133 Å². The predicted octanol–water partition coefficient (Wildman–Crippen LogP) is 1.69. The second kappa shape index (κ2) is 6.01. The Morgan fingerprint density at radius 1 is 1.05 bits per heavy atom. The van der Waals surface area contributed by atoms with Gasteiger partial charge in [-0.05, 0) is 52.9 Å². The highest BCUT2D eigenvalue weighted by Gasteiger charge is 2.08. The van der Waals surface area contributed by atoms with Crippen molar-refractivity contribution in [2.45, 2.75) is 0 Å². The summed E-state index contributed by atoms with van der Waals surface area (Å²) in [5.41, 5.74) is 3.29. The lowest BCUT2D eigenvalue weighted by molar-refractivity contribution is 0.799. The highest BCUT2D eigenvalue weighted by molar-refractivity contribution is 14.1. The van der Waals surface area contributed by atoms with Gasteiger partial charge in [0.1, 0.15) is 0 Å². The molecule has 0 fully saturated rings. The van der Waals surface area contributed by atoms with Gasteiger partial charge in [0.2, 0.25) is 11.9 Å². The standard InChI is InChI=1S/C12H11IN8/c13-8-2-4-9(5-3-8)16-10-17-11(20-14)19-12(18-10)21-7-1-6-15-21/h1-7H,14H2,(H2,16,17,18,19,20). The molecular formula is C12H11IN8. The van der Waals surface area contributed by atoms with Crippen molar-refractivity contribution in [3.05, 3.63) is 46.3 Å². The van der Waals surface area contributed by atoms with Crippen LogP contribution in [-0.4, -0.2) is 24.7 Å². The number of hydrogen-bond acceptors (Lipinski definition) is 7. The summed E-state index contributed by atoms with van der Waals surface area (Å²) in [5, 5.41) is 7.19. The molecule has 2 aromatic heterocycles. The number of hydrogen-bond donors (Lipinski definition) is 3. The molecule has 0 aliphatic heterocycles. The van der Waals surface area contributed by atoms with E-state index in [0.29, 0.717) is 11.9 Å². The van der Waals surface area contributed by atoms with E-state index in [1.807, 2.05) is 24.3 Å². The molecule has 4 N–H and O–H groups in total. The summed E-state index contributed by atoms with van der Waals surface area (Å²) in [5.74, 6) is 6.40. The summed E-state index contributed by atoms with van der Waals surface area (Å²) in [7, 11) is 0. The van der Waals surface area contributed by atoms with Crippen molar-refractivity contribution < 1.29 is 0 Å². The molecule has 0 aliphatic rings. The lowest BCUT2D eigenvalue weighted by atomic mass is 10.3. The van der Waals surface area contributed by atoms with Crippen LogP contribution in [0.15, 0.2) is 42.7 Å². The zero-order chi connectivity index (χ0) is 14.7. The van der Waals surface area contributed by atoms with E-state index >= 15 is 0 Å². The maximum absolute atomic E-state index is 5.39. The minimum atomic E-state index is 0.253. The highest BCUT2D eigenvalue weighted by atomic mass is 127. The van der Waals surface area contributed by atoms with Crippen molar-refractivity contribution in [3.8, 4) is 5.95 Å². The van der Waals surface area contributed by atoms with Gasteiger partial charge in [0.25, 0.3) is 5.95 Å². The topological polar surface area (TPSA) is 107 Å². The third-order valence-corrected chi connectivity index (χ3v) is 3.28. The molecule has 9 heteroatoms. The van der Waals surface area contributed by atoms with Crippen molar-refractivity contribution in [1.29, 1.82) is 0 Å². The molecule has 8 nitrogen and oxygen atoms in total. The van der Waals surface area contributed by atoms with Gasteiger partial charge >= 0.3 is 0 Å². The van der Waals surface area contributed by atoms with Crippen LogP contribution in [-0.2, 0) is 0 Å². The number of anilines is 3. The van der Waals surface area contributed by atoms with Crippen molar-refractivity contribution in [2.75, 3.05) is 10.7 Å². The quantitative estimate of drug-likeness (QED) is 0.351. The van der Waals surface area contributed by atoms with Gasteiger partial charge in [0.05, 0.1) is 0 Å². The van der Waals surface area contributed by atoms with Crippen LogP contribution in [0.3, 0.4) is 0 Å². The monoisotopic (exact) mass is 394 g/mol. The van der Waals surface area contributed by atoms with Gasteiger partial charge in [-0.1, -0.05) is 0 Å². The Balaban J connectivity index is 1.94. The minimum absolute atomic E-state index is 0.253. The number of nitrogens with zero attached hydrogens (tertiary/aromatic N) is 5. The lowest BCUT2D eigenvalue weighted by Gasteiger charge is -2.08. The Morgan fingerprint density at radius 2 is 1.81 bits per heavy atom. The Hall–Kier alpha value is -2.27. The molecular weight excluding hydrogens is 383 g/mol. The molecule has 0 bridgehead atoms. The van der Waals surface area contributed by atoms with Crippen LogP contribution in [0.1, 0.15) is 0 Å². The van der Waals surface area contributed by atoms with Crippen LogP contribution in [0.25, 0.3) is 5.95 Å². The number of aromatic nitrogens is 5. The average Bonchev–Trinajstić information content (AvgIpc) is 3.04. The lowest BCUT2D eigenvalue weighted by Crippen LogP contribution is -2.15. The minimum Gasteiger partial charge on any atom is -0.324 e. The fourth-order valence-electron chi connectivity index (χ4n) is 1.64. The van der Waals surface area contributed by atoms with Crippen LogP contribution in [0.4, 0.5) is 17.6 Å². The zero-order valence-electron chi connectivity index (χ0n) is 10.7. The average molecular weight is 394 g/mol. The number of hydrazine groups is 1. The van der Waals surface area contributed by atoms with Crippen molar-refractivity contribution in [2.24, 2.45) is 5.84 Å². The molecule has 0 radical (unpaired) electrons. The van der Waals surface area contributed by atoms with E-state index in [1.165, 1.54) is 4.68 Å². The first kappa shape index (κ1) is 13.7. The fraction of sp³-hybridized carbons (Fsp3) is 0. The third kappa shape index (κ3) is 3.25. The Bertz CT molecular complexity index is 726. The summed E-state index contributed by atoms with van der Waals surface area (Å²) in [6.45, 7) is 0. The van der Waals surface area contributed by atoms with Gasteiger partial charge in [0, 0.05) is 21.7 Å². The van der Waals surface area contributed by atoms with Crippen LogP contribution in [0, 0.1) is 3.57 Å². The van der Waals surface area contributed by atoms with Gasteiger partial charge in [0.15, 0.2) is 0 Å². The van der Waals surface area contributed by atoms with Gasteiger partial charge < -0.3 is 5.32 Å². The molecule has 0 aliphatic carbocycles. The van der Waals surface area contributed by atoms with Gasteiger partial charge in [-0.2, -0.15) is 20.1 Å². The summed E-state index contributed by atoms with van der Waals surface area (Å²) in [4.78, 5) is 12.6. The smallest absolute Gasteiger partial charge is 0.257 e. The summed E-state index contributed by atoms with van der Waals surface area (Å²) in [6, 6.07) is 9.64. The molecule has 0 amide bonds. The highest BCUT2D eigenvalue weighted by Crippen LogP contribution is 2.16. The molecule has 106 valence electrons. The van der Waals surface area contributed by atoms with Crippen molar-refractivity contribution in [1.82, 2.24) is 24.7 Å². The van der Waals surface area contributed by atoms with E-state index in [1.54, 1.807) is 18.5 Å². The number of nitrogen functional groups attached to an aromatic ring is 1. The Morgan fingerprint density at radius 3 is 2.48 bits per heavy atom. The van der Waals surface area contributed by atoms with Crippen LogP contribution in [0.5, 0.6) is 0 Å². The number of nitrogens with one attached hydrogen (secondary N) is 2. The maximum Gasteiger partial charge on any atom is 0.257 e. The molecule has 0 saturated heterocycles.